The van der Waals surface area contributed by atoms with Gasteiger partial charge in [-0.15, -0.1) is 11.3 Å². The fourth-order valence-corrected chi connectivity index (χ4v) is 4.74. The maximum atomic E-state index is 13.7. The van der Waals surface area contributed by atoms with Gasteiger partial charge in [0.1, 0.15) is 16.7 Å². The average Bonchev–Trinajstić information content (AvgIpc) is 3.22. The first-order chi connectivity index (χ1) is 15.4. The molecule has 2 heterocycles. The van der Waals surface area contributed by atoms with Gasteiger partial charge in [0.25, 0.3) is 5.56 Å². The third kappa shape index (κ3) is 3.99. The Balaban J connectivity index is 1.92. The number of hydrogen-bond acceptors (Lipinski definition) is 6. The Hall–Kier alpha value is -3.58. The molecule has 0 saturated carbocycles. The van der Waals surface area contributed by atoms with Crippen LogP contribution < -0.4 is 5.56 Å². The lowest BCUT2D eigenvalue weighted by molar-refractivity contribution is -0.141. The molecule has 4 aromatic rings. The predicted octanol–water partition coefficient (Wildman–Crippen LogP) is 4.73. The number of esters is 1. The normalized spacial score (nSPS) is 12.0. The van der Waals surface area contributed by atoms with Crippen LogP contribution in [-0.2, 0) is 9.53 Å². The van der Waals surface area contributed by atoms with Crippen LogP contribution in [-0.4, -0.2) is 28.4 Å². The summed E-state index contributed by atoms with van der Waals surface area (Å²) in [5.74, 6) is -0.540. The Labute approximate surface area is 189 Å². The van der Waals surface area contributed by atoms with Crippen LogP contribution >= 0.6 is 11.3 Å². The van der Waals surface area contributed by atoms with Crippen molar-refractivity contribution in [1.82, 2.24) is 9.55 Å². The molecule has 0 bridgehead atoms. The molecule has 0 spiro atoms. The molecule has 0 aliphatic heterocycles. The van der Waals surface area contributed by atoms with Crippen LogP contribution in [0.2, 0.25) is 0 Å². The van der Waals surface area contributed by atoms with Gasteiger partial charge in [-0.2, -0.15) is 0 Å². The van der Waals surface area contributed by atoms with Crippen LogP contribution in [0.25, 0.3) is 21.3 Å². The number of carbonyl (C=O) groups excluding carboxylic acids is 2. The number of Topliss-reactive ketones (excluding diaryl/α,β-unsaturated/α-hetero) is 1. The minimum atomic E-state index is -1.06. The van der Waals surface area contributed by atoms with Crippen LogP contribution in [0.3, 0.4) is 0 Å². The summed E-state index contributed by atoms with van der Waals surface area (Å²) in [7, 11) is 1.26. The minimum absolute atomic E-state index is 0.262. The molecule has 7 heteroatoms. The molecule has 0 saturated heterocycles. The summed E-state index contributed by atoms with van der Waals surface area (Å²) in [5.41, 5.74) is 2.85. The molecule has 162 valence electrons. The van der Waals surface area contributed by atoms with E-state index in [4.69, 9.17) is 4.74 Å². The van der Waals surface area contributed by atoms with E-state index in [9.17, 15) is 14.4 Å². The molecule has 6 nitrogen and oxygen atoms in total. The molecule has 1 atom stereocenters. The van der Waals surface area contributed by atoms with Gasteiger partial charge in [0.15, 0.2) is 5.78 Å². The van der Waals surface area contributed by atoms with Crippen molar-refractivity contribution in [3.8, 4) is 11.1 Å². The second-order valence-corrected chi connectivity index (χ2v) is 8.41. The first-order valence-corrected chi connectivity index (χ1v) is 11.0. The first kappa shape index (κ1) is 21.6. The number of methoxy groups -OCH3 is 1. The number of benzene rings is 2. The zero-order valence-corrected chi connectivity index (χ0v) is 18.8. The van der Waals surface area contributed by atoms with Crippen LogP contribution in [0.15, 0.2) is 64.8 Å². The van der Waals surface area contributed by atoms with Crippen molar-refractivity contribution >= 4 is 33.3 Å². The molecule has 32 heavy (non-hydrogen) atoms. The topological polar surface area (TPSA) is 78.3 Å². The minimum Gasteiger partial charge on any atom is -0.469 e. The standard InChI is InChI=1S/C25H22N2O4S/c1-15-9-11-17(12-10-15)19-14-32-24-22(19)25(30)27(16(2)26-24)20(13-21(28)31-3)23(29)18-7-5-4-6-8-18/h4-12,14,20H,13H2,1-3H3. The maximum absolute atomic E-state index is 13.7. The predicted molar refractivity (Wildman–Crippen MR) is 125 cm³/mol. The Kier molecular flexibility index (Phi) is 6.01. The van der Waals surface area contributed by atoms with E-state index < -0.39 is 12.0 Å². The summed E-state index contributed by atoms with van der Waals surface area (Å²) in [6.45, 7) is 3.68. The zero-order chi connectivity index (χ0) is 22.8. The van der Waals surface area contributed by atoms with Gasteiger partial charge in [0.05, 0.1) is 18.9 Å². The molecule has 0 aliphatic carbocycles. The highest BCUT2D eigenvalue weighted by Gasteiger charge is 2.29. The van der Waals surface area contributed by atoms with E-state index in [1.54, 1.807) is 37.3 Å². The number of aromatic nitrogens is 2. The Morgan fingerprint density at radius 3 is 2.41 bits per heavy atom. The van der Waals surface area contributed by atoms with Gasteiger partial charge >= 0.3 is 5.97 Å². The van der Waals surface area contributed by atoms with Gasteiger partial charge in [-0.3, -0.25) is 19.0 Å². The lowest BCUT2D eigenvalue weighted by atomic mass is 10.0. The molecule has 2 aromatic heterocycles. The number of carbonyl (C=O) groups is 2. The van der Waals surface area contributed by atoms with Gasteiger partial charge in [-0.1, -0.05) is 60.2 Å². The Morgan fingerprint density at radius 2 is 1.75 bits per heavy atom. The summed E-state index contributed by atoms with van der Waals surface area (Å²) in [5, 5.41) is 2.35. The van der Waals surface area contributed by atoms with Crippen LogP contribution in [0.1, 0.15) is 34.2 Å². The fourth-order valence-electron chi connectivity index (χ4n) is 3.75. The number of hydrogen-bond donors (Lipinski definition) is 0. The second kappa shape index (κ2) is 8.88. The Morgan fingerprint density at radius 1 is 1.06 bits per heavy atom. The third-order valence-electron chi connectivity index (χ3n) is 5.44. The van der Waals surface area contributed by atoms with Crippen molar-refractivity contribution in [1.29, 1.82) is 0 Å². The van der Waals surface area contributed by atoms with Crippen molar-refractivity contribution in [3.63, 3.8) is 0 Å². The monoisotopic (exact) mass is 446 g/mol. The summed E-state index contributed by atoms with van der Waals surface area (Å²) >= 11 is 1.38. The van der Waals surface area contributed by atoms with E-state index in [2.05, 4.69) is 4.98 Å². The molecule has 0 aliphatic rings. The molecule has 0 radical (unpaired) electrons. The molecule has 0 amide bonds. The van der Waals surface area contributed by atoms with Gasteiger partial charge < -0.3 is 4.74 Å². The van der Waals surface area contributed by atoms with Crippen LogP contribution in [0.5, 0.6) is 0 Å². The zero-order valence-electron chi connectivity index (χ0n) is 18.0. The highest BCUT2D eigenvalue weighted by molar-refractivity contribution is 7.17. The smallest absolute Gasteiger partial charge is 0.308 e. The van der Waals surface area contributed by atoms with E-state index in [1.807, 2.05) is 36.6 Å². The largest absolute Gasteiger partial charge is 0.469 e. The van der Waals surface area contributed by atoms with E-state index in [-0.39, 0.29) is 17.8 Å². The SMILES string of the molecule is COC(=O)CC(C(=O)c1ccccc1)n1c(C)nc2scc(-c3ccc(C)cc3)c2c1=O. The van der Waals surface area contributed by atoms with E-state index in [0.29, 0.717) is 21.6 Å². The van der Waals surface area contributed by atoms with Crippen LogP contribution in [0.4, 0.5) is 0 Å². The number of rotatable bonds is 6. The van der Waals surface area contributed by atoms with Gasteiger partial charge in [0.2, 0.25) is 0 Å². The molecule has 4 rings (SSSR count). The molecule has 1 unspecified atom stereocenters. The van der Waals surface area contributed by atoms with Crippen LogP contribution in [0, 0.1) is 13.8 Å². The quantitative estimate of drug-likeness (QED) is 0.316. The van der Waals surface area contributed by atoms with E-state index in [1.165, 1.54) is 23.0 Å². The fraction of sp³-hybridized carbons (Fsp3) is 0.200. The Bertz CT molecular complexity index is 1350. The highest BCUT2D eigenvalue weighted by atomic mass is 32.1. The van der Waals surface area contributed by atoms with Gasteiger partial charge in [0, 0.05) is 16.5 Å². The summed E-state index contributed by atoms with van der Waals surface area (Å²) in [4.78, 5) is 44.5. The molecular weight excluding hydrogens is 424 g/mol. The van der Waals surface area contributed by atoms with E-state index >= 15 is 0 Å². The number of fused-ring (bicyclic) bond motifs is 1. The maximum Gasteiger partial charge on any atom is 0.308 e. The number of nitrogens with zero attached hydrogens (tertiary/aromatic N) is 2. The van der Waals surface area contributed by atoms with Crippen molar-refractivity contribution in [2.24, 2.45) is 0 Å². The first-order valence-electron chi connectivity index (χ1n) is 10.1. The summed E-state index contributed by atoms with van der Waals surface area (Å²) < 4.78 is 6.15. The van der Waals surface area contributed by atoms with E-state index in [0.717, 1.165) is 16.7 Å². The van der Waals surface area contributed by atoms with Crippen molar-refractivity contribution < 1.29 is 14.3 Å². The van der Waals surface area contributed by atoms with Gasteiger partial charge in [-0.25, -0.2) is 4.98 Å². The molecular formula is C25H22N2O4S. The molecule has 0 fully saturated rings. The number of aryl methyl sites for hydroxylation is 2. The summed E-state index contributed by atoms with van der Waals surface area (Å²) in [6, 6.07) is 15.5. The number of ketones is 1. The second-order valence-electron chi connectivity index (χ2n) is 7.56. The number of ether oxygens (including phenoxy) is 1. The third-order valence-corrected chi connectivity index (χ3v) is 6.31. The van der Waals surface area contributed by atoms with Crippen molar-refractivity contribution in [2.75, 3.05) is 7.11 Å². The summed E-state index contributed by atoms with van der Waals surface area (Å²) in [6.07, 6.45) is -0.262. The molecule has 2 aromatic carbocycles. The van der Waals surface area contributed by atoms with Gasteiger partial charge in [-0.05, 0) is 19.4 Å². The molecule has 0 N–H and O–H groups in total. The lowest BCUT2D eigenvalue weighted by Gasteiger charge is -2.20. The highest BCUT2D eigenvalue weighted by Crippen LogP contribution is 2.32. The lowest BCUT2D eigenvalue weighted by Crippen LogP contribution is -2.34. The number of thiophene rings is 1. The van der Waals surface area contributed by atoms with Crippen molar-refractivity contribution in [2.45, 2.75) is 26.3 Å². The van der Waals surface area contributed by atoms with Crippen molar-refractivity contribution in [3.05, 3.63) is 87.3 Å². The average molecular weight is 447 g/mol.